The maximum Gasteiger partial charge on any atom is 0.303 e. The Balaban J connectivity index is 1.61. The van der Waals surface area contributed by atoms with Gasteiger partial charge in [-0.15, -0.1) is 0 Å². The Morgan fingerprint density at radius 3 is 2.72 bits per heavy atom. The lowest BCUT2D eigenvalue weighted by molar-refractivity contribution is -0.137. The summed E-state index contributed by atoms with van der Waals surface area (Å²) in [5.41, 5.74) is 3.99. The molecule has 0 saturated carbocycles. The molecule has 2 N–H and O–H groups in total. The van der Waals surface area contributed by atoms with E-state index >= 15 is 0 Å². The molecule has 0 spiro atoms. The average Bonchev–Trinajstić information content (AvgIpc) is 3.31. The van der Waals surface area contributed by atoms with Gasteiger partial charge in [-0.1, -0.05) is 18.2 Å². The van der Waals surface area contributed by atoms with E-state index in [1.807, 2.05) is 43.5 Å². The van der Waals surface area contributed by atoms with Crippen molar-refractivity contribution in [3.8, 4) is 11.5 Å². The van der Waals surface area contributed by atoms with Crippen LogP contribution in [0.3, 0.4) is 0 Å². The summed E-state index contributed by atoms with van der Waals surface area (Å²) < 4.78 is 13.9. The fourth-order valence-electron chi connectivity index (χ4n) is 4.85. The smallest absolute Gasteiger partial charge is 0.303 e. The van der Waals surface area contributed by atoms with Gasteiger partial charge in [0.25, 0.3) is 0 Å². The van der Waals surface area contributed by atoms with Crippen molar-refractivity contribution in [2.24, 2.45) is 0 Å². The molecule has 0 bridgehead atoms. The molecule has 1 aromatic heterocycles. The van der Waals surface area contributed by atoms with Crippen LogP contribution in [0.1, 0.15) is 53.8 Å². The van der Waals surface area contributed by atoms with Gasteiger partial charge >= 0.3 is 5.97 Å². The Hall–Kier alpha value is -3.85. The van der Waals surface area contributed by atoms with Crippen LogP contribution in [0.25, 0.3) is 0 Å². The van der Waals surface area contributed by atoms with Crippen LogP contribution in [-0.2, 0) is 35.6 Å². The number of amides is 1. The molecule has 208 valence electrons. The maximum absolute atomic E-state index is 12.9. The molecule has 1 aliphatic rings. The van der Waals surface area contributed by atoms with Gasteiger partial charge < -0.3 is 24.5 Å². The lowest BCUT2D eigenvalue weighted by Crippen LogP contribution is -2.37. The molecular formula is C30H38N4O5. The van der Waals surface area contributed by atoms with Crippen molar-refractivity contribution in [2.45, 2.75) is 58.7 Å². The lowest BCUT2D eigenvalue weighted by Gasteiger charge is -2.24. The second-order valence-electron chi connectivity index (χ2n) is 9.99. The fourth-order valence-corrected chi connectivity index (χ4v) is 4.85. The molecule has 0 radical (unpaired) electrons. The molecule has 0 atom stereocenters. The minimum Gasteiger partial charge on any atom is -0.496 e. The number of carboxylic acid groups (broad SMARTS) is 1. The zero-order valence-corrected chi connectivity index (χ0v) is 22.8. The monoisotopic (exact) mass is 534 g/mol. The SMILES string of the molecule is COc1ccc(CN2CC(=O)NCCCCCOc3ccc(CCC(=O)O)cc3C2)cc1Cn1ccnc1C. The second kappa shape index (κ2) is 13.8. The van der Waals surface area contributed by atoms with Crippen LogP contribution in [0.2, 0.25) is 0 Å². The van der Waals surface area contributed by atoms with Gasteiger partial charge in [-0.05, 0) is 61.9 Å². The first-order valence-corrected chi connectivity index (χ1v) is 13.5. The van der Waals surface area contributed by atoms with E-state index in [0.29, 0.717) is 39.2 Å². The first-order valence-electron chi connectivity index (χ1n) is 13.5. The number of imidazole rings is 1. The summed E-state index contributed by atoms with van der Waals surface area (Å²) in [5, 5.41) is 12.2. The second-order valence-corrected chi connectivity index (χ2v) is 9.99. The predicted octanol–water partition coefficient (Wildman–Crippen LogP) is 3.95. The van der Waals surface area contributed by atoms with E-state index in [1.54, 1.807) is 13.3 Å². The standard InChI is InChI=1S/C30H38N4O5/c1-22-31-13-14-34(22)20-26-17-24(7-9-27(26)38-2)18-33-19-25-16-23(8-11-30(36)37)6-10-28(25)39-15-5-3-4-12-32-29(35)21-33/h6-7,9-10,13-14,16-17H,3-5,8,11-12,15,18-21H2,1-2H3,(H,32,35)(H,36,37). The summed E-state index contributed by atoms with van der Waals surface area (Å²) in [6, 6.07) is 12.0. The highest BCUT2D eigenvalue weighted by Crippen LogP contribution is 2.26. The number of rotatable bonds is 8. The number of carbonyl (C=O) groups is 2. The van der Waals surface area contributed by atoms with Crippen LogP contribution in [0.5, 0.6) is 11.5 Å². The van der Waals surface area contributed by atoms with Gasteiger partial charge in [-0.2, -0.15) is 0 Å². The van der Waals surface area contributed by atoms with Crippen LogP contribution >= 0.6 is 0 Å². The molecule has 2 heterocycles. The Bertz CT molecular complexity index is 1270. The molecule has 0 aliphatic carbocycles. The Labute approximate surface area is 229 Å². The van der Waals surface area contributed by atoms with Crippen LogP contribution in [0.15, 0.2) is 48.8 Å². The van der Waals surface area contributed by atoms with Crippen molar-refractivity contribution in [3.63, 3.8) is 0 Å². The highest BCUT2D eigenvalue weighted by atomic mass is 16.5. The molecule has 39 heavy (non-hydrogen) atoms. The van der Waals surface area contributed by atoms with Gasteiger partial charge in [0.1, 0.15) is 17.3 Å². The number of benzene rings is 2. The van der Waals surface area contributed by atoms with Gasteiger partial charge in [0.2, 0.25) is 5.91 Å². The number of hydrogen-bond donors (Lipinski definition) is 2. The number of carbonyl (C=O) groups excluding carboxylic acids is 1. The summed E-state index contributed by atoms with van der Waals surface area (Å²) in [6.45, 7) is 5.13. The zero-order valence-electron chi connectivity index (χ0n) is 22.8. The van der Waals surface area contributed by atoms with Gasteiger partial charge in [0.15, 0.2) is 0 Å². The summed E-state index contributed by atoms with van der Waals surface area (Å²) >= 11 is 0. The molecule has 3 aromatic rings. The topological polar surface area (TPSA) is 106 Å². The molecule has 4 rings (SSSR count). The van der Waals surface area contributed by atoms with Crippen molar-refractivity contribution in [2.75, 3.05) is 26.8 Å². The number of aliphatic carboxylic acids is 1. The molecule has 0 fully saturated rings. The first kappa shape index (κ1) is 28.2. The average molecular weight is 535 g/mol. The van der Waals surface area contributed by atoms with E-state index in [1.165, 1.54) is 0 Å². The highest BCUT2D eigenvalue weighted by Gasteiger charge is 2.17. The molecule has 1 amide bonds. The van der Waals surface area contributed by atoms with Crippen LogP contribution in [0.4, 0.5) is 0 Å². The minimum absolute atomic E-state index is 0.0125. The zero-order chi connectivity index (χ0) is 27.6. The highest BCUT2D eigenvalue weighted by molar-refractivity contribution is 5.78. The molecule has 9 heteroatoms. The minimum atomic E-state index is -0.824. The quantitative estimate of drug-likeness (QED) is 0.451. The van der Waals surface area contributed by atoms with Crippen LogP contribution in [0, 0.1) is 6.92 Å². The third-order valence-corrected chi connectivity index (χ3v) is 6.93. The molecule has 1 aliphatic heterocycles. The Kier molecular flexibility index (Phi) is 9.97. The number of nitrogens with one attached hydrogen (secondary N) is 1. The van der Waals surface area contributed by atoms with E-state index in [2.05, 4.69) is 25.8 Å². The van der Waals surface area contributed by atoms with Crippen molar-refractivity contribution in [1.82, 2.24) is 19.8 Å². The number of carboxylic acids is 1. The third-order valence-electron chi connectivity index (χ3n) is 6.93. The summed E-state index contributed by atoms with van der Waals surface area (Å²) in [6.07, 6.45) is 7.03. The summed E-state index contributed by atoms with van der Waals surface area (Å²) in [7, 11) is 1.67. The predicted molar refractivity (Wildman–Crippen MR) is 148 cm³/mol. The number of nitrogens with zero attached hydrogens (tertiary/aromatic N) is 3. The number of methoxy groups -OCH3 is 1. The van der Waals surface area contributed by atoms with Crippen molar-refractivity contribution < 1.29 is 24.2 Å². The van der Waals surface area contributed by atoms with Crippen LogP contribution < -0.4 is 14.8 Å². The maximum atomic E-state index is 12.9. The summed E-state index contributed by atoms with van der Waals surface area (Å²) in [5.74, 6) is 1.67. The number of ether oxygens (including phenoxy) is 2. The molecule has 9 nitrogen and oxygen atoms in total. The summed E-state index contributed by atoms with van der Waals surface area (Å²) in [4.78, 5) is 30.4. The third kappa shape index (κ3) is 8.32. The number of hydrogen-bond acceptors (Lipinski definition) is 6. The number of fused-ring (bicyclic) bond motifs is 1. The van der Waals surface area contributed by atoms with E-state index in [-0.39, 0.29) is 18.9 Å². The fraction of sp³-hybridized carbons (Fsp3) is 0.433. The number of aromatic nitrogens is 2. The largest absolute Gasteiger partial charge is 0.496 e. The molecule has 0 saturated heterocycles. The van der Waals surface area contributed by atoms with E-state index in [0.717, 1.165) is 58.8 Å². The normalized spacial score (nSPS) is 15.2. The van der Waals surface area contributed by atoms with Crippen molar-refractivity contribution >= 4 is 11.9 Å². The van der Waals surface area contributed by atoms with Gasteiger partial charge in [-0.3, -0.25) is 14.5 Å². The van der Waals surface area contributed by atoms with E-state index in [9.17, 15) is 9.59 Å². The van der Waals surface area contributed by atoms with E-state index in [4.69, 9.17) is 14.6 Å². The van der Waals surface area contributed by atoms with Crippen molar-refractivity contribution in [3.05, 3.63) is 76.9 Å². The number of aryl methyl sites for hydroxylation is 2. The van der Waals surface area contributed by atoms with Gasteiger partial charge in [0.05, 0.1) is 26.8 Å². The van der Waals surface area contributed by atoms with E-state index < -0.39 is 5.97 Å². The van der Waals surface area contributed by atoms with Crippen LogP contribution in [-0.4, -0.2) is 58.2 Å². The van der Waals surface area contributed by atoms with Gasteiger partial charge in [-0.25, -0.2) is 4.98 Å². The Morgan fingerprint density at radius 1 is 1.10 bits per heavy atom. The lowest BCUT2D eigenvalue weighted by atomic mass is 10.0. The molecule has 0 unspecified atom stereocenters. The van der Waals surface area contributed by atoms with Gasteiger partial charge in [0, 0.05) is 49.6 Å². The Morgan fingerprint density at radius 2 is 1.95 bits per heavy atom. The van der Waals surface area contributed by atoms with Crippen molar-refractivity contribution in [1.29, 1.82) is 0 Å². The first-order chi connectivity index (χ1) is 18.9. The molecular weight excluding hydrogens is 496 g/mol. The molecule has 2 aromatic carbocycles.